The maximum Gasteiger partial charge on any atom is 0.326 e. The Balaban J connectivity index is 2.04. The van der Waals surface area contributed by atoms with E-state index in [1.165, 1.54) is 12.7 Å². The molecule has 0 aromatic heterocycles. The van der Waals surface area contributed by atoms with Gasteiger partial charge in [0.05, 0.1) is 14.2 Å². The Morgan fingerprint density at radius 2 is 2.05 bits per heavy atom. The first-order valence-corrected chi connectivity index (χ1v) is 7.62. The van der Waals surface area contributed by atoms with E-state index in [4.69, 9.17) is 9.47 Å². The summed E-state index contributed by atoms with van der Waals surface area (Å²) in [6.07, 6.45) is 4.55. The number of benzene rings is 1. The Kier molecular flexibility index (Phi) is 5.23. The number of hydrogen-bond donors (Lipinski definition) is 1. The van der Waals surface area contributed by atoms with Crippen LogP contribution in [-0.4, -0.2) is 31.8 Å². The summed E-state index contributed by atoms with van der Waals surface area (Å²) >= 11 is 0. The Hall–Kier alpha value is -1.55. The lowest BCUT2D eigenvalue weighted by molar-refractivity contribution is -0.148. The van der Waals surface area contributed by atoms with Gasteiger partial charge in [-0.25, -0.2) is 0 Å². The number of methoxy groups -OCH3 is 2. The van der Waals surface area contributed by atoms with Gasteiger partial charge < -0.3 is 9.47 Å². The Morgan fingerprint density at radius 1 is 1.33 bits per heavy atom. The fourth-order valence-electron chi connectivity index (χ4n) is 3.07. The summed E-state index contributed by atoms with van der Waals surface area (Å²) < 4.78 is 10.2. The summed E-state index contributed by atoms with van der Waals surface area (Å²) in [5.74, 6) is 0.721. The highest BCUT2D eigenvalue weighted by Gasteiger charge is 2.44. The molecule has 4 heteroatoms. The van der Waals surface area contributed by atoms with Crippen LogP contribution in [-0.2, 0) is 16.0 Å². The third kappa shape index (κ3) is 3.56. The number of ether oxygens (including phenoxy) is 2. The van der Waals surface area contributed by atoms with Gasteiger partial charge in [-0.1, -0.05) is 19.1 Å². The van der Waals surface area contributed by atoms with Crippen molar-refractivity contribution in [2.75, 3.05) is 14.2 Å². The minimum Gasteiger partial charge on any atom is -0.497 e. The molecule has 4 nitrogen and oxygen atoms in total. The van der Waals surface area contributed by atoms with Crippen LogP contribution in [0.1, 0.15) is 38.2 Å². The maximum atomic E-state index is 12.2. The van der Waals surface area contributed by atoms with Crippen LogP contribution in [0.4, 0.5) is 0 Å². The highest BCUT2D eigenvalue weighted by molar-refractivity contribution is 5.81. The van der Waals surface area contributed by atoms with Crippen molar-refractivity contribution in [2.45, 2.75) is 50.6 Å². The van der Waals surface area contributed by atoms with E-state index in [1.54, 1.807) is 7.11 Å². The molecule has 0 aliphatic carbocycles. The minimum atomic E-state index is -0.518. The molecule has 0 bridgehead atoms. The summed E-state index contributed by atoms with van der Waals surface area (Å²) in [6.45, 7) is 2.15. The van der Waals surface area contributed by atoms with Gasteiger partial charge in [0.1, 0.15) is 11.3 Å². The molecule has 1 fully saturated rings. The summed E-state index contributed by atoms with van der Waals surface area (Å²) in [6, 6.07) is 8.43. The first kappa shape index (κ1) is 15.8. The molecule has 1 aliphatic heterocycles. The van der Waals surface area contributed by atoms with Crippen LogP contribution in [0.2, 0.25) is 0 Å². The summed E-state index contributed by atoms with van der Waals surface area (Å²) in [4.78, 5) is 12.2. The van der Waals surface area contributed by atoms with Crippen LogP contribution in [0, 0.1) is 0 Å². The van der Waals surface area contributed by atoms with Gasteiger partial charge in [-0.3, -0.25) is 10.1 Å². The van der Waals surface area contributed by atoms with E-state index in [0.717, 1.165) is 37.9 Å². The van der Waals surface area contributed by atoms with Crippen molar-refractivity contribution in [1.82, 2.24) is 5.32 Å². The molecule has 1 aromatic carbocycles. The van der Waals surface area contributed by atoms with Crippen LogP contribution in [0.25, 0.3) is 0 Å². The Morgan fingerprint density at radius 3 is 2.57 bits per heavy atom. The predicted octanol–water partition coefficient (Wildman–Crippen LogP) is 2.70. The maximum absolute atomic E-state index is 12.2. The molecule has 1 heterocycles. The number of hydrogen-bond acceptors (Lipinski definition) is 4. The van der Waals surface area contributed by atoms with E-state index in [2.05, 4.69) is 24.4 Å². The van der Waals surface area contributed by atoms with Crippen molar-refractivity contribution < 1.29 is 14.3 Å². The van der Waals surface area contributed by atoms with Crippen LogP contribution in [0.3, 0.4) is 0 Å². The molecule has 21 heavy (non-hydrogen) atoms. The largest absolute Gasteiger partial charge is 0.497 e. The number of carbonyl (C=O) groups excluding carboxylic acids is 1. The first-order valence-electron chi connectivity index (χ1n) is 7.62. The summed E-state index contributed by atoms with van der Waals surface area (Å²) in [5, 5.41) is 3.50. The SMILES string of the molecule is CC[C@H]1CC[C@](CCc2ccc(OC)cc2)(C(=O)OC)N1. The highest BCUT2D eigenvalue weighted by atomic mass is 16.5. The Labute approximate surface area is 126 Å². The molecule has 0 unspecified atom stereocenters. The van der Waals surface area contributed by atoms with Crippen molar-refractivity contribution >= 4 is 5.97 Å². The predicted molar refractivity (Wildman–Crippen MR) is 82.5 cm³/mol. The van der Waals surface area contributed by atoms with Gasteiger partial charge in [0.15, 0.2) is 0 Å². The van der Waals surface area contributed by atoms with Crippen molar-refractivity contribution in [2.24, 2.45) is 0 Å². The third-order valence-corrected chi connectivity index (χ3v) is 4.47. The normalized spacial score (nSPS) is 24.8. The standard InChI is InChI=1S/C17H25NO3/c1-4-14-10-12-17(18-14,16(19)21-3)11-9-13-5-7-15(20-2)8-6-13/h5-8,14,18H,4,9-12H2,1-3H3/t14-,17+/m0/s1. The molecule has 2 rings (SSSR count). The summed E-state index contributed by atoms with van der Waals surface area (Å²) in [7, 11) is 3.13. The summed E-state index contributed by atoms with van der Waals surface area (Å²) in [5.41, 5.74) is 0.691. The van der Waals surface area contributed by atoms with Crippen molar-refractivity contribution in [3.63, 3.8) is 0 Å². The zero-order valence-electron chi connectivity index (χ0n) is 13.1. The molecule has 1 saturated heterocycles. The molecular formula is C17H25NO3. The molecule has 116 valence electrons. The van der Waals surface area contributed by atoms with E-state index in [-0.39, 0.29) is 5.97 Å². The molecule has 0 radical (unpaired) electrons. The molecule has 0 spiro atoms. The van der Waals surface area contributed by atoms with Crippen LogP contribution >= 0.6 is 0 Å². The van der Waals surface area contributed by atoms with E-state index in [1.807, 2.05) is 12.1 Å². The van der Waals surface area contributed by atoms with Crippen molar-refractivity contribution in [3.05, 3.63) is 29.8 Å². The quantitative estimate of drug-likeness (QED) is 0.819. The van der Waals surface area contributed by atoms with E-state index in [0.29, 0.717) is 6.04 Å². The number of carbonyl (C=O) groups is 1. The topological polar surface area (TPSA) is 47.6 Å². The minimum absolute atomic E-state index is 0.132. The van der Waals surface area contributed by atoms with Gasteiger partial charge in [0.25, 0.3) is 0 Å². The average Bonchev–Trinajstić information content (AvgIpc) is 2.97. The number of aryl methyl sites for hydroxylation is 1. The lowest BCUT2D eigenvalue weighted by Crippen LogP contribution is -2.50. The lowest BCUT2D eigenvalue weighted by atomic mass is 9.89. The molecule has 0 saturated carbocycles. The van der Waals surface area contributed by atoms with E-state index in [9.17, 15) is 4.79 Å². The third-order valence-electron chi connectivity index (χ3n) is 4.47. The first-order chi connectivity index (χ1) is 10.1. The fraction of sp³-hybridized carbons (Fsp3) is 0.588. The van der Waals surface area contributed by atoms with Crippen molar-refractivity contribution in [1.29, 1.82) is 0 Å². The number of esters is 1. The number of nitrogens with one attached hydrogen (secondary N) is 1. The molecular weight excluding hydrogens is 266 g/mol. The van der Waals surface area contributed by atoms with Crippen molar-refractivity contribution in [3.8, 4) is 5.75 Å². The van der Waals surface area contributed by atoms with E-state index < -0.39 is 5.54 Å². The van der Waals surface area contributed by atoms with Gasteiger partial charge in [0, 0.05) is 6.04 Å². The average molecular weight is 291 g/mol. The second kappa shape index (κ2) is 6.94. The lowest BCUT2D eigenvalue weighted by Gasteiger charge is -2.27. The van der Waals surface area contributed by atoms with Crippen LogP contribution in [0.5, 0.6) is 5.75 Å². The van der Waals surface area contributed by atoms with Gasteiger partial charge in [-0.05, 0) is 49.8 Å². The van der Waals surface area contributed by atoms with Gasteiger partial charge in [0.2, 0.25) is 0 Å². The highest BCUT2D eigenvalue weighted by Crippen LogP contribution is 2.31. The second-order valence-electron chi connectivity index (χ2n) is 5.71. The van der Waals surface area contributed by atoms with Gasteiger partial charge in [-0.15, -0.1) is 0 Å². The molecule has 2 atom stereocenters. The smallest absolute Gasteiger partial charge is 0.326 e. The van der Waals surface area contributed by atoms with E-state index >= 15 is 0 Å². The molecule has 1 aromatic rings. The monoisotopic (exact) mass is 291 g/mol. The molecule has 1 N–H and O–H groups in total. The van der Waals surface area contributed by atoms with Gasteiger partial charge >= 0.3 is 5.97 Å². The molecule has 1 aliphatic rings. The Bertz CT molecular complexity index is 471. The fourth-order valence-corrected chi connectivity index (χ4v) is 3.07. The van der Waals surface area contributed by atoms with Crippen LogP contribution in [0.15, 0.2) is 24.3 Å². The van der Waals surface area contributed by atoms with Gasteiger partial charge in [-0.2, -0.15) is 0 Å². The second-order valence-corrected chi connectivity index (χ2v) is 5.71. The zero-order valence-corrected chi connectivity index (χ0v) is 13.1. The molecule has 0 amide bonds. The number of rotatable bonds is 6. The zero-order chi connectivity index (χ0) is 15.3. The van der Waals surface area contributed by atoms with Crippen LogP contribution < -0.4 is 10.1 Å².